The molecule has 0 atom stereocenters. The lowest BCUT2D eigenvalue weighted by Crippen LogP contribution is -2.04. The molecule has 1 aromatic carbocycles. The zero-order valence-corrected chi connectivity index (χ0v) is 10.6. The second kappa shape index (κ2) is 5.49. The lowest BCUT2D eigenvalue weighted by molar-refractivity contribution is 0.475. The Labute approximate surface area is 107 Å². The van der Waals surface area contributed by atoms with Gasteiger partial charge in [-0.15, -0.1) is 0 Å². The van der Waals surface area contributed by atoms with E-state index in [1.807, 2.05) is 19.1 Å². The Morgan fingerprint density at radius 2 is 2.06 bits per heavy atom. The number of nitrogens with one attached hydrogen (secondary N) is 1. The highest BCUT2D eigenvalue weighted by Crippen LogP contribution is 2.21. The number of aryl methyl sites for hydroxylation is 1. The maximum atomic E-state index is 9.48. The summed E-state index contributed by atoms with van der Waals surface area (Å²) in [4.78, 5) is 8.84. The molecule has 0 aliphatic heterocycles. The highest BCUT2D eigenvalue weighted by atomic mass is 16.3. The van der Waals surface area contributed by atoms with Crippen LogP contribution in [0.15, 0.2) is 30.3 Å². The molecule has 2 rings (SSSR count). The molecule has 2 aromatic rings. The predicted octanol–water partition coefficient (Wildman–Crippen LogP) is 2.98. The van der Waals surface area contributed by atoms with Crippen LogP contribution in [0.2, 0.25) is 0 Å². The highest BCUT2D eigenvalue weighted by Gasteiger charge is 2.05. The quantitative estimate of drug-likeness (QED) is 0.866. The number of phenolic OH excluding ortho intramolecular Hbond substituents is 1. The van der Waals surface area contributed by atoms with Crippen LogP contribution in [0.5, 0.6) is 5.75 Å². The van der Waals surface area contributed by atoms with Crippen LogP contribution < -0.4 is 5.32 Å². The van der Waals surface area contributed by atoms with Gasteiger partial charge in [0.1, 0.15) is 11.6 Å². The minimum absolute atomic E-state index is 0.223. The fourth-order valence-electron chi connectivity index (χ4n) is 1.69. The molecule has 0 amide bonds. The van der Waals surface area contributed by atoms with Crippen LogP contribution in [0.3, 0.4) is 0 Å². The van der Waals surface area contributed by atoms with E-state index in [0.717, 1.165) is 30.0 Å². The third-order valence-electron chi connectivity index (χ3n) is 2.51. The molecule has 4 nitrogen and oxygen atoms in total. The molecule has 18 heavy (non-hydrogen) atoms. The fourth-order valence-corrected chi connectivity index (χ4v) is 1.69. The number of anilines is 1. The van der Waals surface area contributed by atoms with Crippen LogP contribution in [0, 0.1) is 6.92 Å². The van der Waals surface area contributed by atoms with Crippen molar-refractivity contribution in [1.82, 2.24) is 9.97 Å². The molecule has 94 valence electrons. The van der Waals surface area contributed by atoms with Gasteiger partial charge in [0.25, 0.3) is 0 Å². The average Bonchev–Trinajstić information content (AvgIpc) is 2.36. The lowest BCUT2D eigenvalue weighted by atomic mass is 10.2. The predicted molar refractivity (Wildman–Crippen MR) is 72.7 cm³/mol. The number of hydrogen-bond donors (Lipinski definition) is 2. The first kappa shape index (κ1) is 12.4. The first-order chi connectivity index (χ1) is 8.69. The van der Waals surface area contributed by atoms with Crippen molar-refractivity contribution < 1.29 is 5.11 Å². The highest BCUT2D eigenvalue weighted by molar-refractivity contribution is 5.59. The van der Waals surface area contributed by atoms with Gasteiger partial charge in [-0.25, -0.2) is 9.97 Å². The molecule has 0 radical (unpaired) electrons. The molecule has 1 aromatic heterocycles. The summed E-state index contributed by atoms with van der Waals surface area (Å²) in [5.74, 6) is 1.67. The van der Waals surface area contributed by atoms with Crippen molar-refractivity contribution in [2.75, 3.05) is 11.9 Å². The molecule has 0 fully saturated rings. The Hall–Kier alpha value is -2.10. The van der Waals surface area contributed by atoms with E-state index in [-0.39, 0.29) is 5.75 Å². The maximum absolute atomic E-state index is 9.48. The molecule has 2 N–H and O–H groups in total. The van der Waals surface area contributed by atoms with Crippen molar-refractivity contribution in [3.8, 4) is 17.1 Å². The summed E-state index contributed by atoms with van der Waals surface area (Å²) >= 11 is 0. The second-order valence-electron chi connectivity index (χ2n) is 4.20. The van der Waals surface area contributed by atoms with Gasteiger partial charge in [0, 0.05) is 23.9 Å². The molecule has 0 spiro atoms. The average molecular weight is 243 g/mol. The van der Waals surface area contributed by atoms with Crippen molar-refractivity contribution in [2.45, 2.75) is 20.3 Å². The van der Waals surface area contributed by atoms with Gasteiger partial charge in [-0.05, 0) is 25.5 Å². The summed E-state index contributed by atoms with van der Waals surface area (Å²) in [5, 5.41) is 12.7. The van der Waals surface area contributed by atoms with Crippen LogP contribution in [-0.4, -0.2) is 21.6 Å². The van der Waals surface area contributed by atoms with Crippen LogP contribution in [0.1, 0.15) is 19.0 Å². The number of rotatable bonds is 4. The standard InChI is InChI=1S/C14H17N3O/c1-3-7-15-13-8-10(2)16-14(17-13)11-5-4-6-12(18)9-11/h4-6,8-9,18H,3,7H2,1-2H3,(H,15,16,17). The van der Waals surface area contributed by atoms with Crippen molar-refractivity contribution in [2.24, 2.45) is 0 Å². The van der Waals surface area contributed by atoms with Crippen LogP contribution in [0.4, 0.5) is 5.82 Å². The molecule has 0 aliphatic rings. The first-order valence-corrected chi connectivity index (χ1v) is 6.08. The van der Waals surface area contributed by atoms with E-state index in [4.69, 9.17) is 0 Å². The van der Waals surface area contributed by atoms with E-state index in [9.17, 15) is 5.11 Å². The van der Waals surface area contributed by atoms with Crippen molar-refractivity contribution in [1.29, 1.82) is 0 Å². The third kappa shape index (κ3) is 2.97. The Balaban J connectivity index is 2.35. The number of nitrogens with zero attached hydrogens (tertiary/aromatic N) is 2. The van der Waals surface area contributed by atoms with Gasteiger partial charge in [0.05, 0.1) is 0 Å². The fraction of sp³-hybridized carbons (Fsp3) is 0.286. The maximum Gasteiger partial charge on any atom is 0.161 e. The van der Waals surface area contributed by atoms with Crippen LogP contribution in [0.25, 0.3) is 11.4 Å². The third-order valence-corrected chi connectivity index (χ3v) is 2.51. The van der Waals surface area contributed by atoms with Gasteiger partial charge in [-0.2, -0.15) is 0 Å². The van der Waals surface area contributed by atoms with E-state index in [0.29, 0.717) is 5.82 Å². The topological polar surface area (TPSA) is 58.0 Å². The number of phenols is 1. The lowest BCUT2D eigenvalue weighted by Gasteiger charge is -2.08. The van der Waals surface area contributed by atoms with Crippen molar-refractivity contribution >= 4 is 5.82 Å². The van der Waals surface area contributed by atoms with E-state index in [1.165, 1.54) is 0 Å². The molecule has 1 heterocycles. The van der Waals surface area contributed by atoms with Gasteiger partial charge in [0.15, 0.2) is 5.82 Å². The summed E-state index contributed by atoms with van der Waals surface area (Å²) in [6.45, 7) is 4.93. The van der Waals surface area contributed by atoms with Gasteiger partial charge in [-0.1, -0.05) is 19.1 Å². The minimum Gasteiger partial charge on any atom is -0.508 e. The molecular formula is C14H17N3O. The summed E-state index contributed by atoms with van der Waals surface area (Å²) in [6, 6.07) is 8.89. The summed E-state index contributed by atoms with van der Waals surface area (Å²) in [5.41, 5.74) is 1.72. The van der Waals surface area contributed by atoms with Crippen molar-refractivity contribution in [3.05, 3.63) is 36.0 Å². The molecule has 0 aliphatic carbocycles. The van der Waals surface area contributed by atoms with Crippen molar-refractivity contribution in [3.63, 3.8) is 0 Å². The summed E-state index contributed by atoms with van der Waals surface area (Å²) < 4.78 is 0. The zero-order chi connectivity index (χ0) is 13.0. The molecule has 0 saturated heterocycles. The van der Waals surface area contributed by atoms with E-state index >= 15 is 0 Å². The number of aromatic nitrogens is 2. The Morgan fingerprint density at radius 1 is 1.22 bits per heavy atom. The van der Waals surface area contributed by atoms with Gasteiger partial charge in [-0.3, -0.25) is 0 Å². The van der Waals surface area contributed by atoms with Crippen LogP contribution in [-0.2, 0) is 0 Å². The monoisotopic (exact) mass is 243 g/mol. The number of hydrogen-bond acceptors (Lipinski definition) is 4. The molecule has 0 bridgehead atoms. The smallest absolute Gasteiger partial charge is 0.161 e. The second-order valence-corrected chi connectivity index (χ2v) is 4.20. The Morgan fingerprint density at radius 3 is 2.78 bits per heavy atom. The van der Waals surface area contributed by atoms with Gasteiger partial charge in [0.2, 0.25) is 0 Å². The molecule has 0 unspecified atom stereocenters. The number of benzene rings is 1. The van der Waals surface area contributed by atoms with E-state index in [2.05, 4.69) is 22.2 Å². The molecule has 4 heteroatoms. The van der Waals surface area contributed by atoms with E-state index < -0.39 is 0 Å². The van der Waals surface area contributed by atoms with Gasteiger partial charge < -0.3 is 10.4 Å². The normalized spacial score (nSPS) is 10.3. The zero-order valence-electron chi connectivity index (χ0n) is 10.6. The SMILES string of the molecule is CCCNc1cc(C)nc(-c2cccc(O)c2)n1. The Bertz CT molecular complexity index is 540. The number of aromatic hydroxyl groups is 1. The van der Waals surface area contributed by atoms with Gasteiger partial charge >= 0.3 is 0 Å². The van der Waals surface area contributed by atoms with E-state index in [1.54, 1.807) is 18.2 Å². The largest absolute Gasteiger partial charge is 0.508 e. The van der Waals surface area contributed by atoms with Crippen LogP contribution >= 0.6 is 0 Å². The first-order valence-electron chi connectivity index (χ1n) is 6.08. The molecular weight excluding hydrogens is 226 g/mol. The summed E-state index contributed by atoms with van der Waals surface area (Å²) in [7, 11) is 0. The Kier molecular flexibility index (Phi) is 3.77. The summed E-state index contributed by atoms with van der Waals surface area (Å²) in [6.07, 6.45) is 1.05. The molecule has 0 saturated carbocycles. The minimum atomic E-state index is 0.223.